The summed E-state index contributed by atoms with van der Waals surface area (Å²) in [7, 11) is 2.09. The Morgan fingerprint density at radius 2 is 2.20 bits per heavy atom. The minimum atomic E-state index is -0.584. The third-order valence-corrected chi connectivity index (χ3v) is 3.88. The second kappa shape index (κ2) is 6.27. The monoisotopic (exact) mass is 276 g/mol. The van der Waals surface area contributed by atoms with Crippen molar-refractivity contribution in [2.45, 2.75) is 39.2 Å². The Balaban J connectivity index is 2.02. The summed E-state index contributed by atoms with van der Waals surface area (Å²) >= 11 is 0. The van der Waals surface area contributed by atoms with Gasteiger partial charge in [0, 0.05) is 25.0 Å². The first kappa shape index (κ1) is 14.9. The Morgan fingerprint density at radius 3 is 2.90 bits per heavy atom. The third kappa shape index (κ3) is 3.51. The van der Waals surface area contributed by atoms with Crippen molar-refractivity contribution in [3.8, 4) is 0 Å². The molecule has 0 saturated carbocycles. The molecule has 4 heteroatoms. The van der Waals surface area contributed by atoms with Crippen LogP contribution in [0.5, 0.6) is 0 Å². The van der Waals surface area contributed by atoms with Crippen molar-refractivity contribution < 1.29 is 9.90 Å². The maximum Gasteiger partial charge on any atom is 0.226 e. The SMILES string of the molecule is CC(C)C(O)CC(=O)Nc1ccc2c(c1)CCCN2C. The summed E-state index contributed by atoms with van der Waals surface area (Å²) in [6.07, 6.45) is 1.76. The van der Waals surface area contributed by atoms with Crippen molar-refractivity contribution in [2.75, 3.05) is 23.8 Å². The molecule has 1 atom stereocenters. The van der Waals surface area contributed by atoms with Gasteiger partial charge in [0.2, 0.25) is 5.91 Å². The molecule has 0 aliphatic carbocycles. The van der Waals surface area contributed by atoms with E-state index in [4.69, 9.17) is 0 Å². The lowest BCUT2D eigenvalue weighted by Crippen LogP contribution is -2.25. The molecule has 110 valence electrons. The molecule has 0 fully saturated rings. The summed E-state index contributed by atoms with van der Waals surface area (Å²) in [5.74, 6) is -0.0340. The number of nitrogens with one attached hydrogen (secondary N) is 1. The molecule has 0 radical (unpaired) electrons. The van der Waals surface area contributed by atoms with Gasteiger partial charge >= 0.3 is 0 Å². The normalized spacial score (nSPS) is 15.9. The Bertz CT molecular complexity index is 485. The lowest BCUT2D eigenvalue weighted by molar-refractivity contribution is -0.118. The highest BCUT2D eigenvalue weighted by atomic mass is 16.3. The van der Waals surface area contributed by atoms with Crippen LogP contribution in [0.2, 0.25) is 0 Å². The summed E-state index contributed by atoms with van der Waals surface area (Å²) in [5.41, 5.74) is 3.34. The number of amides is 1. The Hall–Kier alpha value is -1.55. The number of nitrogens with zero attached hydrogens (tertiary/aromatic N) is 1. The van der Waals surface area contributed by atoms with Crippen LogP contribution in [0.3, 0.4) is 0 Å². The first-order valence-electron chi connectivity index (χ1n) is 7.29. The van der Waals surface area contributed by atoms with E-state index in [0.29, 0.717) is 0 Å². The standard InChI is InChI=1S/C16H24N2O2/c1-11(2)15(19)10-16(20)17-13-6-7-14-12(9-13)5-4-8-18(14)3/h6-7,9,11,15,19H,4-5,8,10H2,1-3H3,(H,17,20). The Morgan fingerprint density at radius 1 is 1.45 bits per heavy atom. The fraction of sp³-hybridized carbons (Fsp3) is 0.562. The molecule has 0 saturated heterocycles. The highest BCUT2D eigenvalue weighted by molar-refractivity contribution is 5.91. The van der Waals surface area contributed by atoms with Crippen molar-refractivity contribution in [3.05, 3.63) is 23.8 Å². The van der Waals surface area contributed by atoms with E-state index >= 15 is 0 Å². The number of aryl methyl sites for hydroxylation is 1. The molecule has 2 N–H and O–H groups in total. The van der Waals surface area contributed by atoms with Gasteiger partial charge in [0.25, 0.3) is 0 Å². The second-order valence-corrected chi connectivity index (χ2v) is 5.93. The highest BCUT2D eigenvalue weighted by Gasteiger charge is 2.16. The topological polar surface area (TPSA) is 52.6 Å². The summed E-state index contributed by atoms with van der Waals surface area (Å²) in [4.78, 5) is 14.1. The molecule has 1 amide bonds. The number of fused-ring (bicyclic) bond motifs is 1. The van der Waals surface area contributed by atoms with Crippen molar-refractivity contribution in [2.24, 2.45) is 5.92 Å². The van der Waals surface area contributed by atoms with Gasteiger partial charge in [-0.1, -0.05) is 13.8 Å². The molecule has 1 aromatic rings. The first-order chi connectivity index (χ1) is 9.47. The van der Waals surface area contributed by atoms with Gasteiger partial charge in [-0.2, -0.15) is 0 Å². The van der Waals surface area contributed by atoms with Gasteiger partial charge in [0.15, 0.2) is 0 Å². The van der Waals surface area contributed by atoms with Crippen LogP contribution >= 0.6 is 0 Å². The maximum absolute atomic E-state index is 11.9. The minimum Gasteiger partial charge on any atom is -0.392 e. The number of hydrogen-bond acceptors (Lipinski definition) is 3. The molecule has 1 unspecified atom stereocenters. The molecule has 20 heavy (non-hydrogen) atoms. The molecule has 0 bridgehead atoms. The van der Waals surface area contributed by atoms with Gasteiger partial charge in [-0.15, -0.1) is 0 Å². The molecular formula is C16H24N2O2. The van der Waals surface area contributed by atoms with E-state index in [1.54, 1.807) is 0 Å². The number of carbonyl (C=O) groups is 1. The predicted molar refractivity (Wildman–Crippen MR) is 82.1 cm³/mol. The van der Waals surface area contributed by atoms with Gasteiger partial charge in [-0.25, -0.2) is 0 Å². The molecule has 1 aliphatic rings. The van der Waals surface area contributed by atoms with Gasteiger partial charge < -0.3 is 15.3 Å². The average molecular weight is 276 g/mol. The van der Waals surface area contributed by atoms with E-state index in [-0.39, 0.29) is 18.2 Å². The molecule has 1 aliphatic heterocycles. The Labute approximate surface area is 120 Å². The highest BCUT2D eigenvalue weighted by Crippen LogP contribution is 2.28. The quantitative estimate of drug-likeness (QED) is 0.888. The molecular weight excluding hydrogens is 252 g/mol. The number of hydrogen-bond donors (Lipinski definition) is 2. The molecule has 2 rings (SSSR count). The van der Waals surface area contributed by atoms with E-state index in [9.17, 15) is 9.90 Å². The van der Waals surface area contributed by atoms with Crippen molar-refractivity contribution in [3.63, 3.8) is 0 Å². The van der Waals surface area contributed by atoms with Crippen molar-refractivity contribution in [1.29, 1.82) is 0 Å². The van der Waals surface area contributed by atoms with Gasteiger partial charge in [0.1, 0.15) is 0 Å². The van der Waals surface area contributed by atoms with E-state index in [2.05, 4.69) is 23.3 Å². The first-order valence-corrected chi connectivity index (χ1v) is 7.29. The third-order valence-electron chi connectivity index (χ3n) is 3.88. The lowest BCUT2D eigenvalue weighted by Gasteiger charge is -2.27. The van der Waals surface area contributed by atoms with E-state index in [0.717, 1.165) is 25.1 Å². The van der Waals surface area contributed by atoms with Crippen LogP contribution in [-0.4, -0.2) is 30.7 Å². The van der Waals surface area contributed by atoms with Gasteiger partial charge in [-0.05, 0) is 42.5 Å². The zero-order valence-electron chi connectivity index (χ0n) is 12.5. The summed E-state index contributed by atoms with van der Waals surface area (Å²) in [6, 6.07) is 6.04. The smallest absolute Gasteiger partial charge is 0.226 e. The fourth-order valence-corrected chi connectivity index (χ4v) is 2.50. The number of carbonyl (C=O) groups excluding carboxylic acids is 1. The Kier molecular flexibility index (Phi) is 4.65. The van der Waals surface area contributed by atoms with Gasteiger partial charge in [-0.3, -0.25) is 4.79 Å². The van der Waals surface area contributed by atoms with Crippen LogP contribution in [-0.2, 0) is 11.2 Å². The van der Waals surface area contributed by atoms with Crippen LogP contribution in [0, 0.1) is 5.92 Å². The average Bonchev–Trinajstić information content (AvgIpc) is 2.38. The molecule has 1 heterocycles. The number of aliphatic hydroxyl groups excluding tert-OH is 1. The number of benzene rings is 1. The summed E-state index contributed by atoms with van der Waals surface area (Å²) in [5, 5.41) is 12.6. The second-order valence-electron chi connectivity index (χ2n) is 5.93. The van der Waals surface area contributed by atoms with Crippen LogP contribution in [0.25, 0.3) is 0 Å². The number of anilines is 2. The van der Waals surface area contributed by atoms with Crippen LogP contribution in [0.4, 0.5) is 11.4 Å². The van der Waals surface area contributed by atoms with Crippen LogP contribution in [0.15, 0.2) is 18.2 Å². The lowest BCUT2D eigenvalue weighted by atomic mass is 10.0. The van der Waals surface area contributed by atoms with Crippen molar-refractivity contribution in [1.82, 2.24) is 0 Å². The van der Waals surface area contributed by atoms with E-state index in [1.165, 1.54) is 11.3 Å². The van der Waals surface area contributed by atoms with Crippen molar-refractivity contribution >= 4 is 17.3 Å². The molecule has 0 aromatic heterocycles. The minimum absolute atomic E-state index is 0.0953. The zero-order chi connectivity index (χ0) is 14.7. The molecule has 4 nitrogen and oxygen atoms in total. The summed E-state index contributed by atoms with van der Waals surface area (Å²) < 4.78 is 0. The van der Waals surface area contributed by atoms with E-state index in [1.807, 2.05) is 26.0 Å². The molecule has 1 aromatic carbocycles. The predicted octanol–water partition coefficient (Wildman–Crippen LogP) is 2.41. The largest absolute Gasteiger partial charge is 0.392 e. The van der Waals surface area contributed by atoms with Crippen LogP contribution in [0.1, 0.15) is 32.3 Å². The van der Waals surface area contributed by atoms with E-state index < -0.39 is 6.10 Å². The number of aliphatic hydroxyl groups is 1. The zero-order valence-corrected chi connectivity index (χ0v) is 12.5. The fourth-order valence-electron chi connectivity index (χ4n) is 2.50. The maximum atomic E-state index is 11.9. The number of rotatable bonds is 4. The van der Waals surface area contributed by atoms with Gasteiger partial charge in [0.05, 0.1) is 12.5 Å². The van der Waals surface area contributed by atoms with Crippen LogP contribution < -0.4 is 10.2 Å². The summed E-state index contributed by atoms with van der Waals surface area (Å²) in [6.45, 7) is 4.90. The molecule has 0 spiro atoms.